The summed E-state index contributed by atoms with van der Waals surface area (Å²) >= 11 is 0. The average molecular weight is 258 g/mol. The highest BCUT2D eigenvalue weighted by Crippen LogP contribution is 2.25. The molecule has 0 aliphatic heterocycles. The van der Waals surface area contributed by atoms with Crippen molar-refractivity contribution in [2.75, 3.05) is 28.9 Å². The summed E-state index contributed by atoms with van der Waals surface area (Å²) in [6.45, 7) is 1.58. The van der Waals surface area contributed by atoms with Crippen LogP contribution in [0.3, 0.4) is 0 Å². The lowest BCUT2D eigenvalue weighted by Crippen LogP contribution is -2.35. The van der Waals surface area contributed by atoms with Gasteiger partial charge in [0.2, 0.25) is 10.0 Å². The Morgan fingerprint density at radius 3 is 2.53 bits per heavy atom. The third-order valence-electron chi connectivity index (χ3n) is 2.31. The number of aliphatic hydroxyl groups excluding tert-OH is 1. The second-order valence-electron chi connectivity index (χ2n) is 3.67. The van der Waals surface area contributed by atoms with Gasteiger partial charge in [-0.15, -0.1) is 0 Å². The summed E-state index contributed by atoms with van der Waals surface area (Å²) in [6, 6.07) is 6.74. The summed E-state index contributed by atoms with van der Waals surface area (Å²) < 4.78 is 25.2. The minimum Gasteiger partial charge on any atom is -0.397 e. The second-order valence-corrected chi connectivity index (χ2v) is 5.68. The summed E-state index contributed by atoms with van der Waals surface area (Å²) in [5, 5.41) is 8.97. The average Bonchev–Trinajstić information content (AvgIpc) is 2.27. The van der Waals surface area contributed by atoms with Gasteiger partial charge in [-0.3, -0.25) is 4.31 Å². The normalized spacial score (nSPS) is 11.4. The maximum atomic E-state index is 12.0. The van der Waals surface area contributed by atoms with Gasteiger partial charge in [-0.05, 0) is 18.6 Å². The summed E-state index contributed by atoms with van der Waals surface area (Å²) in [4.78, 5) is 0. The highest BCUT2D eigenvalue weighted by molar-refractivity contribution is 7.92. The predicted molar refractivity (Wildman–Crippen MR) is 69.4 cm³/mol. The number of nitrogen functional groups attached to an aromatic ring is 1. The number of para-hydroxylation sites is 2. The zero-order valence-electron chi connectivity index (χ0n) is 9.83. The molecule has 5 nitrogen and oxygen atoms in total. The highest BCUT2D eigenvalue weighted by Gasteiger charge is 2.22. The Morgan fingerprint density at radius 1 is 1.35 bits per heavy atom. The van der Waals surface area contributed by atoms with Gasteiger partial charge >= 0.3 is 0 Å². The number of rotatable bonds is 6. The molecular formula is C11H18N2O3S. The third-order valence-corrected chi connectivity index (χ3v) is 4.28. The van der Waals surface area contributed by atoms with E-state index in [9.17, 15) is 8.42 Å². The Morgan fingerprint density at radius 2 is 2.00 bits per heavy atom. The van der Waals surface area contributed by atoms with E-state index < -0.39 is 10.0 Å². The van der Waals surface area contributed by atoms with Gasteiger partial charge in [-0.25, -0.2) is 8.42 Å². The van der Waals surface area contributed by atoms with E-state index in [1.54, 1.807) is 31.2 Å². The van der Waals surface area contributed by atoms with E-state index in [2.05, 4.69) is 0 Å². The number of nitrogens with two attached hydrogens (primary N) is 1. The molecule has 0 aliphatic rings. The number of nitrogens with zero attached hydrogens (tertiary/aromatic N) is 1. The van der Waals surface area contributed by atoms with Gasteiger partial charge in [0.15, 0.2) is 0 Å². The van der Waals surface area contributed by atoms with E-state index in [1.165, 1.54) is 4.31 Å². The van der Waals surface area contributed by atoms with Crippen molar-refractivity contribution in [2.24, 2.45) is 0 Å². The third kappa shape index (κ3) is 3.34. The number of aliphatic hydroxyl groups is 1. The first-order valence-electron chi connectivity index (χ1n) is 5.48. The molecule has 1 rings (SSSR count). The minimum absolute atomic E-state index is 0.0244. The molecule has 17 heavy (non-hydrogen) atoms. The molecule has 0 atom stereocenters. The molecule has 1 aromatic rings. The molecule has 96 valence electrons. The van der Waals surface area contributed by atoms with Crippen LogP contribution in [0, 0.1) is 0 Å². The lowest BCUT2D eigenvalue weighted by Gasteiger charge is -2.24. The van der Waals surface area contributed by atoms with Crippen LogP contribution in [0.1, 0.15) is 13.3 Å². The maximum absolute atomic E-state index is 12.0. The topological polar surface area (TPSA) is 83.6 Å². The van der Waals surface area contributed by atoms with Gasteiger partial charge in [0.1, 0.15) is 0 Å². The fraction of sp³-hybridized carbons (Fsp3) is 0.455. The van der Waals surface area contributed by atoms with Crippen molar-refractivity contribution in [2.45, 2.75) is 13.3 Å². The van der Waals surface area contributed by atoms with E-state index >= 15 is 0 Å². The number of benzene rings is 1. The van der Waals surface area contributed by atoms with Gasteiger partial charge in [-0.2, -0.15) is 0 Å². The summed E-state index contributed by atoms with van der Waals surface area (Å²) in [7, 11) is -3.42. The van der Waals surface area contributed by atoms with Crippen molar-refractivity contribution >= 4 is 21.4 Å². The van der Waals surface area contributed by atoms with Crippen molar-refractivity contribution in [3.05, 3.63) is 24.3 Å². The zero-order chi connectivity index (χ0) is 12.9. The molecule has 0 radical (unpaired) electrons. The quantitative estimate of drug-likeness (QED) is 0.739. The Labute approximate surface area is 102 Å². The van der Waals surface area contributed by atoms with Crippen LogP contribution in [-0.4, -0.2) is 32.4 Å². The lowest BCUT2D eigenvalue weighted by molar-refractivity contribution is 0.306. The monoisotopic (exact) mass is 258 g/mol. The molecule has 3 N–H and O–H groups in total. The Hall–Kier alpha value is -1.27. The molecule has 0 heterocycles. The van der Waals surface area contributed by atoms with Gasteiger partial charge < -0.3 is 10.8 Å². The molecule has 0 saturated heterocycles. The fourth-order valence-corrected chi connectivity index (χ4v) is 3.15. The summed E-state index contributed by atoms with van der Waals surface area (Å²) in [5.41, 5.74) is 6.57. The van der Waals surface area contributed by atoms with Gasteiger partial charge in [0.05, 0.1) is 30.3 Å². The second kappa shape index (κ2) is 5.88. The smallest absolute Gasteiger partial charge is 0.235 e. The molecule has 6 heteroatoms. The van der Waals surface area contributed by atoms with E-state index in [0.29, 0.717) is 17.8 Å². The number of anilines is 2. The maximum Gasteiger partial charge on any atom is 0.235 e. The van der Waals surface area contributed by atoms with Crippen molar-refractivity contribution < 1.29 is 13.5 Å². The van der Waals surface area contributed by atoms with Gasteiger partial charge in [0.25, 0.3) is 0 Å². The first-order valence-corrected chi connectivity index (χ1v) is 7.09. The van der Waals surface area contributed by atoms with Crippen LogP contribution in [0.15, 0.2) is 24.3 Å². The van der Waals surface area contributed by atoms with Gasteiger partial charge in [-0.1, -0.05) is 19.1 Å². The van der Waals surface area contributed by atoms with Gasteiger partial charge in [0, 0.05) is 0 Å². The van der Waals surface area contributed by atoms with Crippen LogP contribution < -0.4 is 10.0 Å². The van der Waals surface area contributed by atoms with Crippen molar-refractivity contribution in [3.8, 4) is 0 Å². The van der Waals surface area contributed by atoms with Crippen LogP contribution in [0.5, 0.6) is 0 Å². The van der Waals surface area contributed by atoms with Crippen molar-refractivity contribution in [3.63, 3.8) is 0 Å². The van der Waals surface area contributed by atoms with Crippen LogP contribution in [0.2, 0.25) is 0 Å². The molecule has 0 aromatic heterocycles. The number of hydrogen-bond donors (Lipinski definition) is 2. The zero-order valence-corrected chi connectivity index (χ0v) is 10.7. The van der Waals surface area contributed by atoms with Crippen molar-refractivity contribution in [1.82, 2.24) is 0 Å². The van der Waals surface area contributed by atoms with Crippen molar-refractivity contribution in [1.29, 1.82) is 0 Å². The molecule has 1 aromatic carbocycles. The lowest BCUT2D eigenvalue weighted by atomic mass is 10.3. The Balaban J connectivity index is 3.14. The molecular weight excluding hydrogens is 240 g/mol. The first kappa shape index (κ1) is 13.8. The van der Waals surface area contributed by atoms with E-state index in [0.717, 1.165) is 0 Å². The number of sulfonamides is 1. The fourth-order valence-electron chi connectivity index (χ4n) is 1.58. The minimum atomic E-state index is -3.42. The Bertz CT molecular complexity index is 460. The number of hydrogen-bond acceptors (Lipinski definition) is 4. The van der Waals surface area contributed by atoms with Crippen LogP contribution in [-0.2, 0) is 10.0 Å². The molecule has 0 bridgehead atoms. The van der Waals surface area contributed by atoms with Crippen LogP contribution >= 0.6 is 0 Å². The standard InChI is InChI=1S/C11H18N2O3S/c1-2-9-17(15,16)13(7-8-14)11-6-4-3-5-10(11)12/h3-6,14H,2,7-9,12H2,1H3. The molecule has 0 amide bonds. The van der Waals surface area contributed by atoms with E-state index in [4.69, 9.17) is 10.8 Å². The first-order chi connectivity index (χ1) is 8.03. The molecule has 0 aliphatic carbocycles. The largest absolute Gasteiger partial charge is 0.397 e. The molecule has 0 saturated carbocycles. The summed E-state index contributed by atoms with van der Waals surface area (Å²) in [6.07, 6.45) is 0.525. The highest BCUT2D eigenvalue weighted by atomic mass is 32.2. The predicted octanol–water partition coefficient (Wildman–Crippen LogP) is 0.807. The molecule has 0 unspecified atom stereocenters. The van der Waals surface area contributed by atoms with E-state index in [-0.39, 0.29) is 18.9 Å². The summed E-state index contributed by atoms with van der Waals surface area (Å²) in [5.74, 6) is 0.0430. The van der Waals surface area contributed by atoms with Crippen LogP contribution in [0.25, 0.3) is 0 Å². The Kier molecular flexibility index (Phi) is 4.77. The molecule has 0 spiro atoms. The van der Waals surface area contributed by atoms with E-state index in [1.807, 2.05) is 0 Å². The SMILES string of the molecule is CCCS(=O)(=O)N(CCO)c1ccccc1N. The van der Waals surface area contributed by atoms with Crippen LogP contribution in [0.4, 0.5) is 11.4 Å². The molecule has 0 fully saturated rings.